The number of aromatic amines is 1. The average molecular weight is 268 g/mol. The summed E-state index contributed by atoms with van der Waals surface area (Å²) in [7, 11) is 0. The average Bonchev–Trinajstić information content (AvgIpc) is 2.20. The standard InChI is InChI=1S/C9H6BrN3O2/c10-6-1-3-7(4-2-6)13-9(15)12-8(14)5-11-13/h1-5H,(H,12,14,15). The Morgan fingerprint density at radius 3 is 2.47 bits per heavy atom. The van der Waals surface area contributed by atoms with Gasteiger partial charge in [-0.25, -0.2) is 4.79 Å². The third-order valence-corrected chi connectivity index (χ3v) is 2.31. The number of rotatable bonds is 1. The molecule has 2 aromatic rings. The van der Waals surface area contributed by atoms with Gasteiger partial charge in [-0.1, -0.05) is 15.9 Å². The number of H-pyrrole nitrogens is 1. The van der Waals surface area contributed by atoms with Crippen molar-refractivity contribution in [2.24, 2.45) is 0 Å². The molecular formula is C9H6BrN3O2. The molecule has 5 nitrogen and oxygen atoms in total. The van der Waals surface area contributed by atoms with Gasteiger partial charge in [0.2, 0.25) is 0 Å². The smallest absolute Gasteiger partial charge is 0.271 e. The monoisotopic (exact) mass is 267 g/mol. The SMILES string of the molecule is O=c1cnn(-c2ccc(Br)cc2)c(=O)[nH]1. The van der Waals surface area contributed by atoms with E-state index in [2.05, 4.69) is 26.0 Å². The fraction of sp³-hybridized carbons (Fsp3) is 0. The Hall–Kier alpha value is -1.69. The topological polar surface area (TPSA) is 67.8 Å². The van der Waals surface area contributed by atoms with Crippen LogP contribution >= 0.6 is 15.9 Å². The minimum atomic E-state index is -0.551. The lowest BCUT2D eigenvalue weighted by Crippen LogP contribution is -2.30. The molecule has 0 saturated heterocycles. The molecule has 0 bridgehead atoms. The van der Waals surface area contributed by atoms with Gasteiger partial charge in [0.15, 0.2) is 0 Å². The minimum absolute atomic E-state index is 0.506. The van der Waals surface area contributed by atoms with Crippen LogP contribution in [0.5, 0.6) is 0 Å². The van der Waals surface area contributed by atoms with Gasteiger partial charge in [-0.05, 0) is 24.3 Å². The Bertz CT molecular complexity index is 585. The van der Waals surface area contributed by atoms with Crippen LogP contribution in [0.2, 0.25) is 0 Å². The number of hydrogen-bond acceptors (Lipinski definition) is 3. The zero-order chi connectivity index (χ0) is 10.8. The minimum Gasteiger partial charge on any atom is -0.271 e. The predicted octanol–water partition coefficient (Wildman–Crippen LogP) is 0.683. The summed E-state index contributed by atoms with van der Waals surface area (Å²) in [5.41, 5.74) is -0.461. The van der Waals surface area contributed by atoms with E-state index in [1.165, 1.54) is 0 Å². The van der Waals surface area contributed by atoms with Gasteiger partial charge < -0.3 is 0 Å². The molecule has 76 valence electrons. The van der Waals surface area contributed by atoms with Crippen LogP contribution in [-0.2, 0) is 0 Å². The van der Waals surface area contributed by atoms with E-state index in [9.17, 15) is 9.59 Å². The molecule has 1 N–H and O–H groups in total. The van der Waals surface area contributed by atoms with Crippen LogP contribution in [-0.4, -0.2) is 14.8 Å². The molecule has 6 heteroatoms. The first-order valence-corrected chi connectivity index (χ1v) is 4.91. The summed E-state index contributed by atoms with van der Waals surface area (Å²) in [6.45, 7) is 0. The molecule has 0 spiro atoms. The zero-order valence-electron chi connectivity index (χ0n) is 7.48. The van der Waals surface area contributed by atoms with Crippen LogP contribution in [0.4, 0.5) is 0 Å². The van der Waals surface area contributed by atoms with Gasteiger partial charge in [-0.15, -0.1) is 0 Å². The van der Waals surface area contributed by atoms with Gasteiger partial charge >= 0.3 is 5.69 Å². The molecule has 0 aliphatic heterocycles. The van der Waals surface area contributed by atoms with Crippen LogP contribution in [0.25, 0.3) is 5.69 Å². The first-order valence-electron chi connectivity index (χ1n) is 4.11. The Balaban J connectivity index is 2.59. The van der Waals surface area contributed by atoms with Crippen LogP contribution in [0.3, 0.4) is 0 Å². The van der Waals surface area contributed by atoms with Gasteiger partial charge in [-0.2, -0.15) is 9.78 Å². The van der Waals surface area contributed by atoms with E-state index in [1.807, 2.05) is 0 Å². The molecule has 0 fully saturated rings. The van der Waals surface area contributed by atoms with E-state index < -0.39 is 11.2 Å². The Morgan fingerprint density at radius 2 is 1.87 bits per heavy atom. The molecule has 2 rings (SSSR count). The van der Waals surface area contributed by atoms with Crippen LogP contribution in [0.1, 0.15) is 0 Å². The molecule has 0 saturated carbocycles. The van der Waals surface area contributed by atoms with Crippen LogP contribution < -0.4 is 11.2 Å². The van der Waals surface area contributed by atoms with Crippen molar-refractivity contribution in [2.45, 2.75) is 0 Å². The number of benzene rings is 1. The predicted molar refractivity (Wildman–Crippen MR) is 58.2 cm³/mol. The van der Waals surface area contributed by atoms with Crippen molar-refractivity contribution in [3.05, 3.63) is 55.8 Å². The third-order valence-electron chi connectivity index (χ3n) is 1.78. The Kier molecular flexibility index (Phi) is 2.51. The maximum Gasteiger partial charge on any atom is 0.349 e. The number of nitrogens with zero attached hydrogens (tertiary/aromatic N) is 2. The molecule has 0 amide bonds. The summed E-state index contributed by atoms with van der Waals surface area (Å²) >= 11 is 3.28. The number of nitrogens with one attached hydrogen (secondary N) is 1. The van der Waals surface area contributed by atoms with Crippen molar-refractivity contribution in [1.29, 1.82) is 0 Å². The van der Waals surface area contributed by atoms with Gasteiger partial charge in [0.1, 0.15) is 6.20 Å². The van der Waals surface area contributed by atoms with Crippen molar-refractivity contribution in [3.63, 3.8) is 0 Å². The number of hydrogen-bond donors (Lipinski definition) is 1. The van der Waals surface area contributed by atoms with Crippen LogP contribution in [0, 0.1) is 0 Å². The lowest BCUT2D eigenvalue weighted by Gasteiger charge is -2.01. The van der Waals surface area contributed by atoms with Gasteiger partial charge in [0.05, 0.1) is 5.69 Å². The highest BCUT2D eigenvalue weighted by Crippen LogP contribution is 2.11. The maximum atomic E-state index is 11.4. The van der Waals surface area contributed by atoms with Gasteiger partial charge in [0.25, 0.3) is 5.56 Å². The van der Waals surface area contributed by atoms with Gasteiger partial charge in [-0.3, -0.25) is 9.78 Å². The summed E-state index contributed by atoms with van der Waals surface area (Å²) in [6, 6.07) is 7.01. The lowest BCUT2D eigenvalue weighted by atomic mass is 10.3. The van der Waals surface area contributed by atoms with E-state index in [0.29, 0.717) is 5.69 Å². The molecule has 1 aromatic carbocycles. The van der Waals surface area contributed by atoms with E-state index in [4.69, 9.17) is 0 Å². The molecule has 0 aliphatic rings. The van der Waals surface area contributed by atoms with Crippen molar-refractivity contribution in [1.82, 2.24) is 14.8 Å². The van der Waals surface area contributed by atoms with E-state index in [0.717, 1.165) is 15.4 Å². The maximum absolute atomic E-state index is 11.4. The number of halogens is 1. The second-order valence-electron chi connectivity index (χ2n) is 2.83. The summed E-state index contributed by atoms with van der Waals surface area (Å²) < 4.78 is 2.03. The quantitative estimate of drug-likeness (QED) is 0.827. The largest absolute Gasteiger partial charge is 0.349 e. The zero-order valence-corrected chi connectivity index (χ0v) is 9.06. The van der Waals surface area contributed by atoms with E-state index in [1.54, 1.807) is 24.3 Å². The second-order valence-corrected chi connectivity index (χ2v) is 3.74. The summed E-state index contributed by atoms with van der Waals surface area (Å²) in [5, 5.41) is 3.72. The second kappa shape index (κ2) is 3.82. The lowest BCUT2D eigenvalue weighted by molar-refractivity contribution is 0.749. The molecule has 0 aliphatic carbocycles. The van der Waals surface area contributed by atoms with Crippen molar-refractivity contribution in [3.8, 4) is 5.69 Å². The number of aromatic nitrogens is 3. The van der Waals surface area contributed by atoms with E-state index >= 15 is 0 Å². The molecule has 1 aromatic heterocycles. The van der Waals surface area contributed by atoms with E-state index in [-0.39, 0.29) is 0 Å². The fourth-order valence-corrected chi connectivity index (χ4v) is 1.38. The molecular weight excluding hydrogens is 262 g/mol. The third kappa shape index (κ3) is 2.04. The first kappa shape index (κ1) is 9.85. The van der Waals surface area contributed by atoms with Crippen molar-refractivity contribution >= 4 is 15.9 Å². The highest BCUT2D eigenvalue weighted by molar-refractivity contribution is 9.10. The van der Waals surface area contributed by atoms with Gasteiger partial charge in [0, 0.05) is 4.47 Å². The van der Waals surface area contributed by atoms with Crippen molar-refractivity contribution in [2.75, 3.05) is 0 Å². The summed E-state index contributed by atoms with van der Waals surface area (Å²) in [5.74, 6) is 0. The summed E-state index contributed by atoms with van der Waals surface area (Å²) in [4.78, 5) is 24.3. The Labute approximate surface area is 92.5 Å². The molecule has 15 heavy (non-hydrogen) atoms. The summed E-state index contributed by atoms with van der Waals surface area (Å²) in [6.07, 6.45) is 1.06. The van der Waals surface area contributed by atoms with Crippen LogP contribution in [0.15, 0.2) is 44.5 Å². The molecule has 0 unspecified atom stereocenters. The molecule has 0 radical (unpaired) electrons. The Morgan fingerprint density at radius 1 is 1.20 bits per heavy atom. The molecule has 0 atom stereocenters. The highest BCUT2D eigenvalue weighted by Gasteiger charge is 2.00. The molecule has 1 heterocycles. The normalized spacial score (nSPS) is 10.2. The first-order chi connectivity index (χ1) is 7.16. The van der Waals surface area contributed by atoms with Crippen molar-refractivity contribution < 1.29 is 0 Å². The highest BCUT2D eigenvalue weighted by atomic mass is 79.9. The fourth-order valence-electron chi connectivity index (χ4n) is 1.12.